The second kappa shape index (κ2) is 5.03. The van der Waals surface area contributed by atoms with Gasteiger partial charge in [0.25, 0.3) is 0 Å². The maximum absolute atomic E-state index is 9.67. The third-order valence-electron chi connectivity index (χ3n) is 2.06. The first kappa shape index (κ1) is 10.3. The van der Waals surface area contributed by atoms with E-state index in [9.17, 15) is 5.11 Å². The smallest absolute Gasteiger partial charge is 0.0583 e. The highest BCUT2D eigenvalue weighted by atomic mass is 16.3. The van der Waals surface area contributed by atoms with Crippen LogP contribution in [0.5, 0.6) is 0 Å². The molecule has 72 valence electrons. The lowest BCUT2D eigenvalue weighted by Gasteiger charge is -2.12. The van der Waals surface area contributed by atoms with Crippen LogP contribution in [0, 0.1) is 5.92 Å². The largest absolute Gasteiger partial charge is 0.393 e. The maximum Gasteiger partial charge on any atom is 0.0583 e. The van der Waals surface area contributed by atoms with Gasteiger partial charge in [0.2, 0.25) is 0 Å². The first-order valence-electron chi connectivity index (χ1n) is 4.90. The van der Waals surface area contributed by atoms with E-state index >= 15 is 0 Å². The van der Waals surface area contributed by atoms with E-state index in [2.05, 4.69) is 26.0 Å². The first-order valence-corrected chi connectivity index (χ1v) is 4.90. The van der Waals surface area contributed by atoms with Gasteiger partial charge in [0.1, 0.15) is 0 Å². The average Bonchev–Trinajstić information content (AvgIpc) is 2.04. The normalized spacial score (nSPS) is 13.2. The topological polar surface area (TPSA) is 20.2 Å². The van der Waals surface area contributed by atoms with E-state index in [0.717, 1.165) is 12.8 Å². The van der Waals surface area contributed by atoms with Crippen molar-refractivity contribution in [1.29, 1.82) is 0 Å². The third kappa shape index (κ3) is 4.09. The zero-order valence-electron chi connectivity index (χ0n) is 8.40. The van der Waals surface area contributed by atoms with Crippen molar-refractivity contribution in [2.75, 3.05) is 0 Å². The molecule has 0 bridgehead atoms. The van der Waals surface area contributed by atoms with Crippen LogP contribution in [-0.4, -0.2) is 11.2 Å². The van der Waals surface area contributed by atoms with E-state index in [-0.39, 0.29) is 6.10 Å². The Bertz CT molecular complexity index is 228. The minimum Gasteiger partial charge on any atom is -0.393 e. The molecule has 0 radical (unpaired) electrons. The minimum absolute atomic E-state index is 0.192. The summed E-state index contributed by atoms with van der Waals surface area (Å²) >= 11 is 0. The highest BCUT2D eigenvalue weighted by molar-refractivity contribution is 5.15. The lowest BCUT2D eigenvalue weighted by atomic mass is 10.00. The van der Waals surface area contributed by atoms with Gasteiger partial charge in [-0.3, -0.25) is 0 Å². The minimum atomic E-state index is -0.192. The average molecular weight is 178 g/mol. The van der Waals surface area contributed by atoms with E-state index in [1.165, 1.54) is 5.56 Å². The molecule has 0 spiro atoms. The van der Waals surface area contributed by atoms with Crippen LogP contribution in [0.15, 0.2) is 30.3 Å². The van der Waals surface area contributed by atoms with E-state index in [0.29, 0.717) is 5.92 Å². The molecule has 0 aliphatic carbocycles. The Kier molecular flexibility index (Phi) is 3.97. The fraction of sp³-hybridized carbons (Fsp3) is 0.500. The van der Waals surface area contributed by atoms with Gasteiger partial charge in [-0.05, 0) is 24.3 Å². The molecule has 0 aromatic heterocycles. The molecule has 1 unspecified atom stereocenters. The van der Waals surface area contributed by atoms with Crippen molar-refractivity contribution in [3.05, 3.63) is 35.9 Å². The standard InChI is InChI=1S/C12H18O/c1-10(2)8-12(13)9-11-6-4-3-5-7-11/h3-7,10,12-13H,8-9H2,1-2H3. The summed E-state index contributed by atoms with van der Waals surface area (Å²) in [4.78, 5) is 0. The number of rotatable bonds is 4. The van der Waals surface area contributed by atoms with E-state index in [1.807, 2.05) is 18.2 Å². The van der Waals surface area contributed by atoms with Crippen LogP contribution < -0.4 is 0 Å². The van der Waals surface area contributed by atoms with Gasteiger partial charge < -0.3 is 5.11 Å². The Hall–Kier alpha value is -0.820. The molecule has 0 amide bonds. The Morgan fingerprint density at radius 2 is 1.77 bits per heavy atom. The quantitative estimate of drug-likeness (QED) is 0.751. The van der Waals surface area contributed by atoms with Gasteiger partial charge in [-0.25, -0.2) is 0 Å². The molecule has 1 N–H and O–H groups in total. The van der Waals surface area contributed by atoms with Gasteiger partial charge in [-0.1, -0.05) is 44.2 Å². The summed E-state index contributed by atoms with van der Waals surface area (Å²) in [5.41, 5.74) is 1.22. The number of hydrogen-bond acceptors (Lipinski definition) is 1. The summed E-state index contributed by atoms with van der Waals surface area (Å²) in [6, 6.07) is 10.1. The zero-order valence-corrected chi connectivity index (χ0v) is 8.40. The van der Waals surface area contributed by atoms with Gasteiger partial charge in [0, 0.05) is 0 Å². The molecule has 0 aliphatic rings. The summed E-state index contributed by atoms with van der Waals surface area (Å²) in [5.74, 6) is 0.568. The maximum atomic E-state index is 9.67. The summed E-state index contributed by atoms with van der Waals surface area (Å²) in [7, 11) is 0. The van der Waals surface area contributed by atoms with Crippen LogP contribution >= 0.6 is 0 Å². The van der Waals surface area contributed by atoms with Crippen molar-refractivity contribution in [2.45, 2.75) is 32.8 Å². The SMILES string of the molecule is CC(C)CC(O)Cc1ccccc1. The highest BCUT2D eigenvalue weighted by Gasteiger charge is 2.06. The Balaban J connectivity index is 2.41. The van der Waals surface area contributed by atoms with Crippen LogP contribution in [0.2, 0.25) is 0 Å². The van der Waals surface area contributed by atoms with Gasteiger partial charge in [-0.15, -0.1) is 0 Å². The van der Waals surface area contributed by atoms with Crippen molar-refractivity contribution < 1.29 is 5.11 Å². The second-order valence-electron chi connectivity index (χ2n) is 3.97. The molecular formula is C12H18O. The van der Waals surface area contributed by atoms with Crippen LogP contribution in [0.3, 0.4) is 0 Å². The molecular weight excluding hydrogens is 160 g/mol. The van der Waals surface area contributed by atoms with E-state index < -0.39 is 0 Å². The fourth-order valence-corrected chi connectivity index (χ4v) is 1.51. The number of aliphatic hydroxyl groups is 1. The summed E-state index contributed by atoms with van der Waals surface area (Å²) in [6.45, 7) is 4.27. The second-order valence-corrected chi connectivity index (χ2v) is 3.97. The monoisotopic (exact) mass is 178 g/mol. The van der Waals surface area contributed by atoms with Crippen molar-refractivity contribution in [3.8, 4) is 0 Å². The zero-order chi connectivity index (χ0) is 9.68. The summed E-state index contributed by atoms with van der Waals surface area (Å²) < 4.78 is 0. The molecule has 0 saturated carbocycles. The molecule has 1 aromatic carbocycles. The predicted octanol–water partition coefficient (Wildman–Crippen LogP) is 2.64. The lowest BCUT2D eigenvalue weighted by Crippen LogP contribution is -2.13. The Morgan fingerprint density at radius 1 is 1.15 bits per heavy atom. The molecule has 0 fully saturated rings. The number of aliphatic hydroxyl groups excluding tert-OH is 1. The lowest BCUT2D eigenvalue weighted by molar-refractivity contribution is 0.149. The van der Waals surface area contributed by atoms with Crippen molar-refractivity contribution in [3.63, 3.8) is 0 Å². The van der Waals surface area contributed by atoms with Crippen molar-refractivity contribution in [1.82, 2.24) is 0 Å². The Labute approximate surface area is 80.4 Å². The van der Waals surface area contributed by atoms with Crippen LogP contribution in [0.1, 0.15) is 25.8 Å². The van der Waals surface area contributed by atoms with Gasteiger partial charge in [0.15, 0.2) is 0 Å². The van der Waals surface area contributed by atoms with E-state index in [4.69, 9.17) is 0 Å². The molecule has 1 atom stereocenters. The predicted molar refractivity (Wildman–Crippen MR) is 55.6 cm³/mol. The van der Waals surface area contributed by atoms with Crippen molar-refractivity contribution in [2.24, 2.45) is 5.92 Å². The third-order valence-corrected chi connectivity index (χ3v) is 2.06. The highest BCUT2D eigenvalue weighted by Crippen LogP contribution is 2.10. The Morgan fingerprint density at radius 3 is 2.31 bits per heavy atom. The van der Waals surface area contributed by atoms with Crippen molar-refractivity contribution >= 4 is 0 Å². The van der Waals surface area contributed by atoms with Gasteiger partial charge in [0.05, 0.1) is 6.10 Å². The summed E-state index contributed by atoms with van der Waals surface area (Å²) in [6.07, 6.45) is 1.47. The molecule has 0 saturated heterocycles. The molecule has 0 heterocycles. The molecule has 1 nitrogen and oxygen atoms in total. The van der Waals surface area contributed by atoms with Crippen LogP contribution in [0.25, 0.3) is 0 Å². The van der Waals surface area contributed by atoms with Crippen LogP contribution in [-0.2, 0) is 6.42 Å². The molecule has 1 rings (SSSR count). The molecule has 0 aliphatic heterocycles. The molecule has 13 heavy (non-hydrogen) atoms. The van der Waals surface area contributed by atoms with E-state index in [1.54, 1.807) is 0 Å². The fourth-order valence-electron chi connectivity index (χ4n) is 1.51. The molecule has 1 aromatic rings. The number of benzene rings is 1. The van der Waals surface area contributed by atoms with Crippen LogP contribution in [0.4, 0.5) is 0 Å². The van der Waals surface area contributed by atoms with Gasteiger partial charge in [-0.2, -0.15) is 0 Å². The van der Waals surface area contributed by atoms with Gasteiger partial charge >= 0.3 is 0 Å². The molecule has 1 heteroatoms. The first-order chi connectivity index (χ1) is 6.18. The number of hydrogen-bond donors (Lipinski definition) is 1. The summed E-state index contributed by atoms with van der Waals surface area (Å²) in [5, 5.41) is 9.67.